The van der Waals surface area contributed by atoms with E-state index in [1.54, 1.807) is 12.1 Å². The lowest BCUT2D eigenvalue weighted by Gasteiger charge is -2.15. The van der Waals surface area contributed by atoms with Crippen LogP contribution in [0.4, 0.5) is 4.39 Å². The van der Waals surface area contributed by atoms with Crippen LogP contribution in [0.25, 0.3) is 0 Å². The van der Waals surface area contributed by atoms with Gasteiger partial charge in [0.25, 0.3) is 0 Å². The van der Waals surface area contributed by atoms with Gasteiger partial charge in [-0.25, -0.2) is 4.39 Å². The summed E-state index contributed by atoms with van der Waals surface area (Å²) in [6.45, 7) is 0. The van der Waals surface area contributed by atoms with E-state index in [9.17, 15) is 4.39 Å². The van der Waals surface area contributed by atoms with Gasteiger partial charge >= 0.3 is 0 Å². The maximum absolute atomic E-state index is 13.1. The van der Waals surface area contributed by atoms with Gasteiger partial charge in [-0.05, 0) is 42.4 Å². The highest BCUT2D eigenvalue weighted by atomic mass is 19.1. The van der Waals surface area contributed by atoms with E-state index in [2.05, 4.69) is 0 Å². The van der Waals surface area contributed by atoms with Crippen LogP contribution in [0.2, 0.25) is 0 Å². The van der Waals surface area contributed by atoms with Crippen molar-refractivity contribution in [1.82, 2.24) is 0 Å². The third-order valence-corrected chi connectivity index (χ3v) is 4.57. The van der Waals surface area contributed by atoms with Gasteiger partial charge in [0.2, 0.25) is 0 Å². The minimum absolute atomic E-state index is 0.0389. The number of hydrogen-bond donors (Lipinski definition) is 1. The van der Waals surface area contributed by atoms with Crippen LogP contribution in [0.15, 0.2) is 24.3 Å². The summed E-state index contributed by atoms with van der Waals surface area (Å²) in [6.07, 6.45) is 7.42. The zero-order valence-corrected chi connectivity index (χ0v) is 10.2. The highest BCUT2D eigenvalue weighted by Gasteiger charge is 2.54. The Kier molecular flexibility index (Phi) is 2.70. The molecule has 0 aromatic heterocycles. The second kappa shape index (κ2) is 4.09. The summed E-state index contributed by atoms with van der Waals surface area (Å²) in [4.78, 5) is 0. The molecule has 0 amide bonds. The monoisotopic (exact) mass is 233 g/mol. The first-order valence-corrected chi connectivity index (χ1v) is 6.71. The third-order valence-electron chi connectivity index (χ3n) is 4.57. The van der Waals surface area contributed by atoms with Crippen LogP contribution < -0.4 is 5.73 Å². The molecule has 2 atom stereocenters. The molecule has 0 spiro atoms. The molecule has 2 N–H and O–H groups in total. The topological polar surface area (TPSA) is 26.0 Å². The standard InChI is InChI=1S/C15H20FN/c16-13-7-3-4-11(8-13)9-15(17)10-14(15)12-5-1-2-6-12/h3-4,7-8,12,14H,1-2,5-6,9-10,17H2. The molecular weight excluding hydrogens is 213 g/mol. The minimum atomic E-state index is -0.149. The van der Waals surface area contributed by atoms with Crippen LogP contribution in [0.3, 0.4) is 0 Å². The molecule has 3 rings (SSSR count). The molecule has 2 aliphatic rings. The van der Waals surface area contributed by atoms with Crippen molar-refractivity contribution in [2.75, 3.05) is 0 Å². The van der Waals surface area contributed by atoms with Crippen molar-refractivity contribution in [3.8, 4) is 0 Å². The summed E-state index contributed by atoms with van der Waals surface area (Å²) in [6, 6.07) is 6.88. The Hall–Kier alpha value is -0.890. The van der Waals surface area contributed by atoms with E-state index in [0.717, 1.165) is 24.3 Å². The van der Waals surface area contributed by atoms with Crippen LogP contribution >= 0.6 is 0 Å². The minimum Gasteiger partial charge on any atom is -0.325 e. The zero-order chi connectivity index (χ0) is 11.9. The van der Waals surface area contributed by atoms with E-state index in [0.29, 0.717) is 5.92 Å². The van der Waals surface area contributed by atoms with Gasteiger partial charge in [0.05, 0.1) is 0 Å². The summed E-state index contributed by atoms with van der Waals surface area (Å²) >= 11 is 0. The fourth-order valence-corrected chi connectivity index (χ4v) is 3.58. The van der Waals surface area contributed by atoms with E-state index in [1.807, 2.05) is 6.07 Å². The summed E-state index contributed by atoms with van der Waals surface area (Å²) in [5, 5.41) is 0. The third kappa shape index (κ3) is 2.23. The van der Waals surface area contributed by atoms with Crippen LogP contribution in [0, 0.1) is 17.7 Å². The van der Waals surface area contributed by atoms with Crippen molar-refractivity contribution in [3.63, 3.8) is 0 Å². The van der Waals surface area contributed by atoms with E-state index in [-0.39, 0.29) is 11.4 Å². The molecule has 2 saturated carbocycles. The Labute approximate surface area is 102 Å². The van der Waals surface area contributed by atoms with Gasteiger partial charge in [-0.15, -0.1) is 0 Å². The second-order valence-corrected chi connectivity index (χ2v) is 5.90. The highest BCUT2D eigenvalue weighted by molar-refractivity contribution is 5.24. The summed E-state index contributed by atoms with van der Waals surface area (Å²) in [7, 11) is 0. The molecule has 2 aliphatic carbocycles. The Morgan fingerprint density at radius 1 is 1.29 bits per heavy atom. The SMILES string of the molecule is NC1(Cc2cccc(F)c2)CC1C1CCCC1. The molecule has 2 unspecified atom stereocenters. The maximum atomic E-state index is 13.1. The fraction of sp³-hybridized carbons (Fsp3) is 0.600. The Balaban J connectivity index is 1.66. The lowest BCUT2D eigenvalue weighted by Crippen LogP contribution is -2.29. The molecule has 2 fully saturated rings. The predicted octanol–water partition coefficient (Wildman–Crippen LogP) is 3.28. The second-order valence-electron chi connectivity index (χ2n) is 5.90. The van der Waals surface area contributed by atoms with Crippen LogP contribution in [0.1, 0.15) is 37.7 Å². The number of rotatable bonds is 3. The molecule has 92 valence electrons. The summed E-state index contributed by atoms with van der Waals surface area (Å²) in [5.74, 6) is 1.38. The predicted molar refractivity (Wildman–Crippen MR) is 67.1 cm³/mol. The summed E-state index contributed by atoms with van der Waals surface area (Å²) in [5.41, 5.74) is 7.44. The van der Waals surface area contributed by atoms with Gasteiger partial charge in [0, 0.05) is 5.54 Å². The van der Waals surface area contributed by atoms with Gasteiger partial charge in [-0.1, -0.05) is 37.8 Å². The molecule has 1 nitrogen and oxygen atoms in total. The van der Waals surface area contributed by atoms with Gasteiger partial charge in [-0.3, -0.25) is 0 Å². The van der Waals surface area contributed by atoms with E-state index >= 15 is 0 Å². The Morgan fingerprint density at radius 3 is 2.76 bits per heavy atom. The largest absolute Gasteiger partial charge is 0.325 e. The first-order chi connectivity index (χ1) is 8.17. The van der Waals surface area contributed by atoms with Crippen molar-refractivity contribution in [3.05, 3.63) is 35.6 Å². The fourth-order valence-electron chi connectivity index (χ4n) is 3.58. The van der Waals surface area contributed by atoms with Crippen molar-refractivity contribution in [2.45, 2.75) is 44.1 Å². The van der Waals surface area contributed by atoms with E-state index in [1.165, 1.54) is 31.7 Å². The van der Waals surface area contributed by atoms with Gasteiger partial charge in [-0.2, -0.15) is 0 Å². The quantitative estimate of drug-likeness (QED) is 0.852. The average molecular weight is 233 g/mol. The molecule has 0 radical (unpaired) electrons. The average Bonchev–Trinajstić information content (AvgIpc) is 2.76. The number of nitrogens with two attached hydrogens (primary N) is 1. The van der Waals surface area contributed by atoms with Crippen LogP contribution in [0.5, 0.6) is 0 Å². The molecule has 17 heavy (non-hydrogen) atoms. The number of hydrogen-bond acceptors (Lipinski definition) is 1. The molecular formula is C15H20FN. The van der Waals surface area contributed by atoms with Gasteiger partial charge in [0.1, 0.15) is 5.82 Å². The molecule has 0 bridgehead atoms. The lowest BCUT2D eigenvalue weighted by atomic mass is 9.94. The Morgan fingerprint density at radius 2 is 2.06 bits per heavy atom. The number of benzene rings is 1. The highest BCUT2D eigenvalue weighted by Crippen LogP contribution is 2.53. The lowest BCUT2D eigenvalue weighted by molar-refractivity contribution is 0.421. The van der Waals surface area contributed by atoms with Crippen molar-refractivity contribution in [2.24, 2.45) is 17.6 Å². The molecule has 2 heteroatoms. The van der Waals surface area contributed by atoms with E-state index in [4.69, 9.17) is 5.73 Å². The Bertz CT molecular complexity index is 411. The van der Waals surface area contributed by atoms with Crippen molar-refractivity contribution < 1.29 is 4.39 Å². The van der Waals surface area contributed by atoms with Gasteiger partial charge < -0.3 is 5.73 Å². The molecule has 1 aromatic rings. The molecule has 0 aliphatic heterocycles. The first kappa shape index (κ1) is 11.2. The molecule has 0 saturated heterocycles. The van der Waals surface area contributed by atoms with Crippen LogP contribution in [-0.4, -0.2) is 5.54 Å². The van der Waals surface area contributed by atoms with E-state index < -0.39 is 0 Å². The summed E-state index contributed by atoms with van der Waals surface area (Å²) < 4.78 is 13.1. The normalized spacial score (nSPS) is 32.9. The van der Waals surface area contributed by atoms with Crippen LogP contribution in [-0.2, 0) is 6.42 Å². The smallest absolute Gasteiger partial charge is 0.123 e. The maximum Gasteiger partial charge on any atom is 0.123 e. The molecule has 0 heterocycles. The van der Waals surface area contributed by atoms with Crippen molar-refractivity contribution in [1.29, 1.82) is 0 Å². The van der Waals surface area contributed by atoms with Gasteiger partial charge in [0.15, 0.2) is 0 Å². The number of halogens is 1. The van der Waals surface area contributed by atoms with Crippen molar-refractivity contribution >= 4 is 0 Å². The zero-order valence-electron chi connectivity index (χ0n) is 10.2. The molecule has 1 aromatic carbocycles. The first-order valence-electron chi connectivity index (χ1n) is 6.71.